The third-order valence-corrected chi connectivity index (χ3v) is 13.9. The fourth-order valence-corrected chi connectivity index (χ4v) is 9.41. The van der Waals surface area contributed by atoms with E-state index in [1.54, 1.807) is 0 Å². The van der Waals surface area contributed by atoms with Crippen molar-refractivity contribution < 1.29 is 24.5 Å². The highest BCUT2D eigenvalue weighted by Crippen LogP contribution is 2.18. The molecule has 0 saturated carbocycles. The molecule has 6 heteroatoms. The summed E-state index contributed by atoms with van der Waals surface area (Å²) in [5, 5.41) is 23.3. The third kappa shape index (κ3) is 50.3. The van der Waals surface area contributed by atoms with Crippen LogP contribution in [0.3, 0.4) is 0 Å². The van der Waals surface area contributed by atoms with Crippen molar-refractivity contribution in [2.45, 2.75) is 347 Å². The number of hydrogen-bond donors (Lipinski definition) is 3. The van der Waals surface area contributed by atoms with Gasteiger partial charge in [-0.15, -0.1) is 0 Å². The Morgan fingerprint density at radius 3 is 0.953 bits per heavy atom. The van der Waals surface area contributed by atoms with E-state index in [9.17, 15) is 19.8 Å². The van der Waals surface area contributed by atoms with Crippen LogP contribution in [0.2, 0.25) is 0 Å². The number of carbonyl (C=O) groups excluding carboxylic acids is 2. The first-order valence-electron chi connectivity index (χ1n) is 29.3. The predicted octanol–water partition coefficient (Wildman–Crippen LogP) is 17.9. The number of aliphatic hydroxyl groups excluding tert-OH is 2. The molecule has 0 rings (SSSR count). The Balaban J connectivity index is 3.42. The Hall–Kier alpha value is -1.14. The Morgan fingerprint density at radius 2 is 0.641 bits per heavy atom. The molecule has 0 aromatic heterocycles. The standard InChI is InChI=1S/C58H115NO5/c1-3-5-7-9-11-13-15-17-18-19-20-21-24-27-30-34-38-42-46-50-56(61)55(54-60)59-57(62)51-47-43-39-35-31-28-25-22-23-26-29-33-37-41-45-49-53-64-58(63)52-48-44-40-36-32-16-14-12-10-8-6-4-2/h55-56,60-61H,3-54H2,1-2H3,(H,59,62). The average Bonchev–Trinajstić information content (AvgIpc) is 3.29. The van der Waals surface area contributed by atoms with Crippen molar-refractivity contribution in [2.24, 2.45) is 0 Å². The minimum absolute atomic E-state index is 0.00499. The van der Waals surface area contributed by atoms with Crippen molar-refractivity contribution >= 4 is 11.9 Å². The topological polar surface area (TPSA) is 95.9 Å². The molecular weight excluding hydrogens is 791 g/mol. The second-order valence-corrected chi connectivity index (χ2v) is 20.3. The first-order chi connectivity index (χ1) is 31.5. The summed E-state index contributed by atoms with van der Waals surface area (Å²) in [5.74, 6) is -0.0328. The van der Waals surface area contributed by atoms with Gasteiger partial charge in [0.25, 0.3) is 0 Å². The molecule has 2 atom stereocenters. The second-order valence-electron chi connectivity index (χ2n) is 20.3. The van der Waals surface area contributed by atoms with Crippen LogP contribution in [0.5, 0.6) is 0 Å². The van der Waals surface area contributed by atoms with Crippen molar-refractivity contribution in [3.8, 4) is 0 Å². The summed E-state index contributed by atoms with van der Waals surface area (Å²) in [5.41, 5.74) is 0. The minimum Gasteiger partial charge on any atom is -0.466 e. The lowest BCUT2D eigenvalue weighted by Crippen LogP contribution is -2.45. The molecule has 0 spiro atoms. The zero-order valence-electron chi connectivity index (χ0n) is 43.5. The molecule has 3 N–H and O–H groups in total. The lowest BCUT2D eigenvalue weighted by atomic mass is 10.0. The van der Waals surface area contributed by atoms with E-state index in [4.69, 9.17) is 4.74 Å². The lowest BCUT2D eigenvalue weighted by Gasteiger charge is -2.22. The molecule has 0 heterocycles. The Morgan fingerprint density at radius 1 is 0.375 bits per heavy atom. The molecular formula is C58H115NO5. The first-order valence-corrected chi connectivity index (χ1v) is 29.3. The monoisotopic (exact) mass is 906 g/mol. The fraction of sp³-hybridized carbons (Fsp3) is 0.966. The van der Waals surface area contributed by atoms with E-state index >= 15 is 0 Å². The largest absolute Gasteiger partial charge is 0.466 e. The highest BCUT2D eigenvalue weighted by molar-refractivity contribution is 5.76. The predicted molar refractivity (Wildman–Crippen MR) is 278 cm³/mol. The molecule has 0 fully saturated rings. The van der Waals surface area contributed by atoms with Crippen molar-refractivity contribution in [2.75, 3.05) is 13.2 Å². The van der Waals surface area contributed by atoms with Crippen LogP contribution in [-0.2, 0) is 14.3 Å². The van der Waals surface area contributed by atoms with E-state index in [-0.39, 0.29) is 18.5 Å². The number of aliphatic hydroxyl groups is 2. The summed E-state index contributed by atoms with van der Waals surface area (Å²) in [7, 11) is 0. The summed E-state index contributed by atoms with van der Waals surface area (Å²) in [6, 6.07) is -0.545. The van der Waals surface area contributed by atoms with E-state index in [0.717, 1.165) is 44.9 Å². The van der Waals surface area contributed by atoms with E-state index in [0.29, 0.717) is 25.9 Å². The van der Waals surface area contributed by atoms with Crippen LogP contribution in [0.15, 0.2) is 0 Å². The highest BCUT2D eigenvalue weighted by Gasteiger charge is 2.20. The molecule has 6 nitrogen and oxygen atoms in total. The normalized spacial score (nSPS) is 12.5. The molecule has 0 aromatic rings. The van der Waals surface area contributed by atoms with Crippen LogP contribution in [0, 0.1) is 0 Å². The number of hydrogen-bond acceptors (Lipinski definition) is 5. The number of rotatable bonds is 55. The lowest BCUT2D eigenvalue weighted by molar-refractivity contribution is -0.143. The van der Waals surface area contributed by atoms with Gasteiger partial charge in [-0.1, -0.05) is 296 Å². The molecule has 0 bridgehead atoms. The van der Waals surface area contributed by atoms with Crippen LogP contribution in [-0.4, -0.2) is 47.4 Å². The van der Waals surface area contributed by atoms with Crippen molar-refractivity contribution in [3.05, 3.63) is 0 Å². The maximum Gasteiger partial charge on any atom is 0.305 e. The molecule has 0 aliphatic carbocycles. The van der Waals surface area contributed by atoms with E-state index < -0.39 is 12.1 Å². The molecule has 0 aliphatic heterocycles. The second kappa shape index (κ2) is 54.5. The Bertz CT molecular complexity index is 913. The van der Waals surface area contributed by atoms with Crippen LogP contribution >= 0.6 is 0 Å². The Kier molecular flexibility index (Phi) is 53.5. The summed E-state index contributed by atoms with van der Waals surface area (Å²) in [4.78, 5) is 24.5. The smallest absolute Gasteiger partial charge is 0.305 e. The number of carbonyl (C=O) groups is 2. The van der Waals surface area contributed by atoms with Crippen molar-refractivity contribution in [1.82, 2.24) is 5.32 Å². The summed E-state index contributed by atoms with van der Waals surface area (Å²) in [6.07, 6.45) is 62.3. The van der Waals surface area contributed by atoms with Gasteiger partial charge in [0.2, 0.25) is 5.91 Å². The number of ether oxygens (including phenoxy) is 1. The molecule has 64 heavy (non-hydrogen) atoms. The molecule has 0 saturated heterocycles. The quantitative estimate of drug-likeness (QED) is 0.0417. The minimum atomic E-state index is -0.668. The van der Waals surface area contributed by atoms with Gasteiger partial charge in [-0.05, 0) is 25.7 Å². The van der Waals surface area contributed by atoms with Gasteiger partial charge < -0.3 is 20.3 Å². The van der Waals surface area contributed by atoms with Gasteiger partial charge in [-0.25, -0.2) is 0 Å². The van der Waals surface area contributed by atoms with E-state index in [2.05, 4.69) is 19.2 Å². The molecule has 1 amide bonds. The van der Waals surface area contributed by atoms with Gasteiger partial charge in [0.05, 0.1) is 25.4 Å². The SMILES string of the molecule is CCCCCCCCCCCCCCCCCCCCCC(O)C(CO)NC(=O)CCCCCCCCCCCCCCCCCCOC(=O)CCCCCCCCCCCCCC. The molecule has 0 radical (unpaired) electrons. The Labute approximate surface area is 400 Å². The van der Waals surface area contributed by atoms with Gasteiger partial charge in [-0.2, -0.15) is 0 Å². The molecule has 2 unspecified atom stereocenters. The van der Waals surface area contributed by atoms with Crippen LogP contribution in [0.4, 0.5) is 0 Å². The summed E-state index contributed by atoms with van der Waals surface area (Å²) < 4.78 is 5.47. The molecule has 0 aromatic carbocycles. The fourth-order valence-electron chi connectivity index (χ4n) is 9.41. The van der Waals surface area contributed by atoms with Gasteiger partial charge in [0, 0.05) is 12.8 Å². The number of amides is 1. The summed E-state index contributed by atoms with van der Waals surface area (Å²) in [6.45, 7) is 4.97. The van der Waals surface area contributed by atoms with Gasteiger partial charge in [-0.3, -0.25) is 9.59 Å². The molecule has 0 aliphatic rings. The zero-order chi connectivity index (χ0) is 46.5. The van der Waals surface area contributed by atoms with Gasteiger partial charge in [0.1, 0.15) is 0 Å². The van der Waals surface area contributed by atoms with Crippen LogP contribution in [0.25, 0.3) is 0 Å². The van der Waals surface area contributed by atoms with E-state index in [1.165, 1.54) is 257 Å². The maximum absolute atomic E-state index is 12.5. The van der Waals surface area contributed by atoms with E-state index in [1.807, 2.05) is 0 Å². The van der Waals surface area contributed by atoms with Gasteiger partial charge in [0.15, 0.2) is 0 Å². The highest BCUT2D eigenvalue weighted by atomic mass is 16.5. The maximum atomic E-state index is 12.5. The number of unbranched alkanes of at least 4 members (excludes halogenated alkanes) is 44. The zero-order valence-corrected chi connectivity index (χ0v) is 43.5. The number of esters is 1. The number of nitrogens with one attached hydrogen (secondary N) is 1. The van der Waals surface area contributed by atoms with Crippen LogP contribution < -0.4 is 5.32 Å². The van der Waals surface area contributed by atoms with Crippen molar-refractivity contribution in [3.63, 3.8) is 0 Å². The third-order valence-electron chi connectivity index (χ3n) is 13.9. The first kappa shape index (κ1) is 62.9. The summed E-state index contributed by atoms with van der Waals surface area (Å²) >= 11 is 0. The molecule has 382 valence electrons. The average molecular weight is 907 g/mol. The van der Waals surface area contributed by atoms with Crippen molar-refractivity contribution in [1.29, 1.82) is 0 Å². The van der Waals surface area contributed by atoms with Crippen LogP contribution in [0.1, 0.15) is 335 Å². The van der Waals surface area contributed by atoms with Gasteiger partial charge >= 0.3 is 5.97 Å².